The molecule has 14 rings (SSSR count). The third kappa shape index (κ3) is 11.2. The highest BCUT2D eigenvalue weighted by atomic mass is 79.9. The van der Waals surface area contributed by atoms with Gasteiger partial charge in [0.2, 0.25) is 0 Å². The quantitative estimate of drug-likeness (QED) is 0.172. The Morgan fingerprint density at radius 1 is 0.229 bits per heavy atom. The van der Waals surface area contributed by atoms with Gasteiger partial charge in [0.25, 0.3) is 0 Å². The van der Waals surface area contributed by atoms with Crippen molar-refractivity contribution < 1.29 is 19.8 Å². The molecule has 0 radical (unpaired) electrons. The Kier molecular flexibility index (Phi) is 18.4. The van der Waals surface area contributed by atoms with Crippen molar-refractivity contribution in [2.24, 2.45) is 0 Å². The van der Waals surface area contributed by atoms with E-state index in [0.717, 1.165) is 38.0 Å². The van der Waals surface area contributed by atoms with E-state index in [1.165, 1.54) is 43.8 Å². The van der Waals surface area contributed by atoms with Crippen molar-refractivity contribution in [3.05, 3.63) is 349 Å². The van der Waals surface area contributed by atoms with Crippen molar-refractivity contribution in [2.45, 2.75) is 18.6 Å². The highest BCUT2D eigenvalue weighted by molar-refractivity contribution is 9.13. The summed E-state index contributed by atoms with van der Waals surface area (Å²) in [4.78, 5) is 24.2. The van der Waals surface area contributed by atoms with Crippen molar-refractivity contribution in [2.75, 3.05) is 0 Å². The zero-order valence-corrected chi connectivity index (χ0v) is 52.9. The van der Waals surface area contributed by atoms with E-state index in [0.29, 0.717) is 44.5 Å². The number of ketones is 2. The van der Waals surface area contributed by atoms with Crippen LogP contribution in [0.4, 0.5) is 0 Å². The van der Waals surface area contributed by atoms with E-state index >= 15 is 0 Å². The van der Waals surface area contributed by atoms with Gasteiger partial charge >= 0.3 is 0 Å². The molecule has 0 saturated heterocycles. The zero-order valence-electron chi connectivity index (χ0n) is 43.4. The first kappa shape index (κ1) is 59.5. The fraction of sp³-hybridized carbons (Fsp3) is 0.0411. The predicted octanol–water partition coefficient (Wildman–Crippen LogP) is 21.3. The van der Waals surface area contributed by atoms with E-state index in [-0.39, 0.29) is 19.0 Å². The molecule has 0 saturated carbocycles. The van der Waals surface area contributed by atoms with E-state index in [1.807, 2.05) is 121 Å². The van der Waals surface area contributed by atoms with Gasteiger partial charge in [0.15, 0.2) is 11.6 Å². The Morgan fingerprint density at radius 2 is 0.422 bits per heavy atom. The van der Waals surface area contributed by atoms with E-state index in [1.54, 1.807) is 48.5 Å². The molecule has 12 aromatic rings. The largest absolute Gasteiger partial charge is 0.376 e. The van der Waals surface area contributed by atoms with Gasteiger partial charge in [-0.25, -0.2) is 0 Å². The third-order valence-electron chi connectivity index (χ3n) is 14.8. The Balaban J connectivity index is 0.000000134. The SMILES string of the molecule is Brc1ccccc1-c1c2ccccc2c(-c2ccccc2Br)c2ccccc12.Brc1ccccc1Br.C.O=C1c2ccccc2C(=O)c2ccccc21.OC1(c2ccccc2Br)c2ccccc2C(O)(c2ccccc2Br)c2ccccc21. The van der Waals surface area contributed by atoms with E-state index in [2.05, 4.69) is 193 Å². The minimum absolute atomic E-state index is 0. The lowest BCUT2D eigenvalue weighted by molar-refractivity contribution is 0.0740. The highest BCUT2D eigenvalue weighted by Crippen LogP contribution is 2.55. The van der Waals surface area contributed by atoms with Crippen LogP contribution in [0.25, 0.3) is 43.8 Å². The van der Waals surface area contributed by atoms with Gasteiger partial charge in [-0.2, -0.15) is 0 Å². The molecule has 12 aromatic carbocycles. The Labute approximate surface area is 533 Å². The molecule has 2 aliphatic carbocycles. The molecule has 0 unspecified atom stereocenters. The number of rotatable bonds is 4. The molecule has 0 heterocycles. The van der Waals surface area contributed by atoms with Crippen LogP contribution in [-0.4, -0.2) is 21.8 Å². The number of carbonyl (C=O) groups is 2. The number of hydrogen-bond acceptors (Lipinski definition) is 4. The van der Waals surface area contributed by atoms with E-state index < -0.39 is 11.2 Å². The van der Waals surface area contributed by atoms with Crippen LogP contribution in [0.3, 0.4) is 0 Å². The molecule has 10 heteroatoms. The molecule has 0 aliphatic heterocycles. The summed E-state index contributed by atoms with van der Waals surface area (Å²) in [5, 5.41) is 29.7. The maximum absolute atomic E-state index is 12.3. The maximum Gasteiger partial charge on any atom is 0.194 e. The lowest BCUT2D eigenvalue weighted by Crippen LogP contribution is -2.44. The number of fused-ring (bicyclic) bond motifs is 6. The molecular weight excluding hydrogens is 1420 g/mol. The summed E-state index contributed by atoms with van der Waals surface area (Å²) in [6.07, 6.45) is 0. The average molecular weight is 1470 g/mol. The smallest absolute Gasteiger partial charge is 0.194 e. The van der Waals surface area contributed by atoms with Crippen LogP contribution in [0.5, 0.6) is 0 Å². The summed E-state index contributed by atoms with van der Waals surface area (Å²) in [5.74, 6) is -0.128. The normalized spacial score (nSPS) is 15.3. The molecule has 408 valence electrons. The number of aliphatic hydroxyl groups is 2. The summed E-state index contributed by atoms with van der Waals surface area (Å²) in [5.41, 5.74) is 8.28. The first-order valence-electron chi connectivity index (χ1n) is 26.1. The van der Waals surface area contributed by atoms with E-state index in [4.69, 9.17) is 0 Å². The van der Waals surface area contributed by atoms with Crippen molar-refractivity contribution in [3.8, 4) is 22.3 Å². The molecule has 0 atom stereocenters. The molecule has 83 heavy (non-hydrogen) atoms. The van der Waals surface area contributed by atoms with Crippen molar-refractivity contribution in [1.82, 2.24) is 0 Å². The van der Waals surface area contributed by atoms with Crippen LogP contribution in [0.1, 0.15) is 72.7 Å². The monoisotopic (exact) mass is 1460 g/mol. The van der Waals surface area contributed by atoms with Gasteiger partial charge < -0.3 is 10.2 Å². The van der Waals surface area contributed by atoms with Gasteiger partial charge in [-0.15, -0.1) is 0 Å². The lowest BCUT2D eigenvalue weighted by atomic mass is 9.63. The summed E-state index contributed by atoms with van der Waals surface area (Å²) >= 11 is 21.5. The number of benzene rings is 12. The van der Waals surface area contributed by atoms with Crippen LogP contribution >= 0.6 is 95.6 Å². The molecule has 0 spiro atoms. The van der Waals surface area contributed by atoms with Crippen LogP contribution in [0, 0.1) is 0 Å². The molecule has 2 aliphatic rings. The van der Waals surface area contributed by atoms with Gasteiger partial charge in [-0.05, 0) is 134 Å². The summed E-state index contributed by atoms with van der Waals surface area (Å²) in [7, 11) is 0. The van der Waals surface area contributed by atoms with Gasteiger partial charge in [-0.3, -0.25) is 9.59 Å². The summed E-state index contributed by atoms with van der Waals surface area (Å²) in [6, 6.07) is 86.8. The van der Waals surface area contributed by atoms with Crippen molar-refractivity contribution >= 4 is 129 Å². The molecule has 2 N–H and O–H groups in total. The Hall–Kier alpha value is -6.70. The van der Waals surface area contributed by atoms with Crippen LogP contribution in [0.2, 0.25) is 0 Å². The van der Waals surface area contributed by atoms with Gasteiger partial charge in [0, 0.05) is 60.2 Å². The Bertz CT molecular complexity index is 3990. The molecule has 0 fully saturated rings. The summed E-state index contributed by atoms with van der Waals surface area (Å²) < 4.78 is 6.03. The number of halogens is 6. The standard InChI is InChI=1S/C26H18Br2O2.C26H16Br2.C14H8O2.C6H4Br2.CH4/c27-23-15-7-5-13-21(23)25(29)17-9-1-2-10-18(17)26(30,20-12-4-3-11-19(20)25)22-14-6-8-16-24(22)28;27-23-15-7-5-13-21(23)25-17-9-1-2-10-18(17)26(20-12-4-3-11-19(20)25)22-14-6-8-16-24(22)28;15-13-9-5-1-2-6-10(9)14(16)12-8-4-3-7-11(12)13;7-5-3-1-2-4-6(5)8;/h1-16,29-30H;1-16H;1-8H;1-4H;1H4. The van der Waals surface area contributed by atoms with Crippen LogP contribution in [0.15, 0.2) is 294 Å². The number of hydrogen-bond donors (Lipinski definition) is 2. The minimum atomic E-state index is -1.42. The minimum Gasteiger partial charge on any atom is -0.376 e. The highest BCUT2D eigenvalue weighted by Gasteiger charge is 2.51. The summed E-state index contributed by atoms with van der Waals surface area (Å²) in [6.45, 7) is 0. The third-order valence-corrected chi connectivity index (χ3v) is 19.5. The topological polar surface area (TPSA) is 74.6 Å². The molecule has 0 amide bonds. The fourth-order valence-corrected chi connectivity index (χ4v) is 13.8. The lowest BCUT2D eigenvalue weighted by Gasteiger charge is -2.45. The van der Waals surface area contributed by atoms with E-state index in [9.17, 15) is 19.8 Å². The predicted molar refractivity (Wildman–Crippen MR) is 361 cm³/mol. The fourth-order valence-electron chi connectivity index (χ4n) is 11.1. The van der Waals surface area contributed by atoms with Crippen LogP contribution in [-0.2, 0) is 11.2 Å². The second-order valence-corrected chi connectivity index (χ2v) is 24.6. The van der Waals surface area contributed by atoms with Crippen molar-refractivity contribution in [3.63, 3.8) is 0 Å². The molecule has 0 aromatic heterocycles. The zero-order chi connectivity index (χ0) is 57.1. The maximum atomic E-state index is 12.3. The molecular formula is C73H50Br6O4. The first-order chi connectivity index (χ1) is 39.8. The van der Waals surface area contributed by atoms with Crippen LogP contribution < -0.4 is 0 Å². The number of carbonyl (C=O) groups excluding carboxylic acids is 2. The molecule has 4 nitrogen and oxygen atoms in total. The molecule has 0 bridgehead atoms. The van der Waals surface area contributed by atoms with Gasteiger partial charge in [-0.1, -0.05) is 302 Å². The van der Waals surface area contributed by atoms with Crippen molar-refractivity contribution in [1.29, 1.82) is 0 Å². The van der Waals surface area contributed by atoms with Gasteiger partial charge in [0.05, 0.1) is 0 Å². The Morgan fingerprint density at radius 3 is 0.663 bits per heavy atom. The average Bonchev–Trinajstić information content (AvgIpc) is 1.90. The second-order valence-electron chi connectivity index (χ2n) is 19.4. The first-order valence-corrected chi connectivity index (χ1v) is 30.8. The second kappa shape index (κ2) is 25.7. The van der Waals surface area contributed by atoms with Gasteiger partial charge in [0.1, 0.15) is 11.2 Å².